The number of anilines is 1. The number of para-hydroxylation sites is 1. The second kappa shape index (κ2) is 12.7. The van der Waals surface area contributed by atoms with E-state index in [9.17, 15) is 9.18 Å². The van der Waals surface area contributed by atoms with Gasteiger partial charge in [-0.25, -0.2) is 4.39 Å². The molecule has 0 radical (unpaired) electrons. The second-order valence-corrected chi connectivity index (χ2v) is 9.05. The molecule has 2 aliphatic heterocycles. The van der Waals surface area contributed by atoms with Gasteiger partial charge in [0.05, 0.1) is 5.69 Å². The molecule has 3 fully saturated rings. The molecule has 33 heavy (non-hydrogen) atoms. The van der Waals surface area contributed by atoms with Crippen LogP contribution in [0.5, 0.6) is 0 Å². The van der Waals surface area contributed by atoms with Gasteiger partial charge in [-0.3, -0.25) is 14.7 Å². The minimum absolute atomic E-state index is 0. The summed E-state index contributed by atoms with van der Waals surface area (Å²) in [5.41, 5.74) is 0.681. The number of aliphatic imine (C=N–C) groups is 1. The van der Waals surface area contributed by atoms with Crippen LogP contribution in [0.3, 0.4) is 0 Å². The molecule has 1 N–H and O–H groups in total. The molecule has 2 saturated heterocycles. The van der Waals surface area contributed by atoms with Crippen molar-refractivity contribution in [2.24, 2.45) is 10.9 Å². The Labute approximate surface area is 214 Å². The summed E-state index contributed by atoms with van der Waals surface area (Å²) in [7, 11) is 1.82. The Bertz CT molecular complexity index is 787. The van der Waals surface area contributed by atoms with E-state index in [0.29, 0.717) is 11.6 Å². The van der Waals surface area contributed by atoms with E-state index < -0.39 is 0 Å². The summed E-state index contributed by atoms with van der Waals surface area (Å²) in [6.45, 7) is 8.55. The number of carbonyl (C=O) groups is 1. The first-order valence-electron chi connectivity index (χ1n) is 12.1. The Morgan fingerprint density at radius 2 is 1.64 bits per heavy atom. The summed E-state index contributed by atoms with van der Waals surface area (Å²) < 4.78 is 14.1. The van der Waals surface area contributed by atoms with Crippen LogP contribution >= 0.6 is 24.0 Å². The number of nitrogens with one attached hydrogen (secondary N) is 1. The molecule has 1 aromatic rings. The third kappa shape index (κ3) is 6.71. The van der Waals surface area contributed by atoms with E-state index in [0.717, 1.165) is 84.2 Å². The third-order valence-corrected chi connectivity index (χ3v) is 7.08. The van der Waals surface area contributed by atoms with Gasteiger partial charge in [-0.05, 0) is 25.0 Å². The predicted octanol–water partition coefficient (Wildman–Crippen LogP) is 2.48. The van der Waals surface area contributed by atoms with E-state index in [4.69, 9.17) is 0 Å². The number of hydrogen-bond acceptors (Lipinski definition) is 4. The maximum atomic E-state index is 14.1. The van der Waals surface area contributed by atoms with Gasteiger partial charge in [0, 0.05) is 78.4 Å². The van der Waals surface area contributed by atoms with Crippen LogP contribution in [0.15, 0.2) is 29.3 Å². The minimum atomic E-state index is -0.159. The summed E-state index contributed by atoms with van der Waals surface area (Å²) in [5.74, 6) is 1.42. The number of amides is 1. The second-order valence-electron chi connectivity index (χ2n) is 9.05. The first-order chi connectivity index (χ1) is 15.7. The number of piperazine rings is 2. The Balaban J connectivity index is 0.00000306. The molecule has 0 atom stereocenters. The monoisotopic (exact) mass is 572 g/mol. The third-order valence-electron chi connectivity index (χ3n) is 7.08. The number of halogens is 2. The van der Waals surface area contributed by atoms with Crippen molar-refractivity contribution in [3.8, 4) is 0 Å². The van der Waals surface area contributed by atoms with Gasteiger partial charge < -0.3 is 20.0 Å². The summed E-state index contributed by atoms with van der Waals surface area (Å²) >= 11 is 0. The highest BCUT2D eigenvalue weighted by molar-refractivity contribution is 14.0. The van der Waals surface area contributed by atoms with Crippen LogP contribution in [-0.4, -0.2) is 99.1 Å². The average molecular weight is 573 g/mol. The smallest absolute Gasteiger partial charge is 0.225 e. The molecular weight excluding hydrogens is 534 g/mol. The zero-order valence-corrected chi connectivity index (χ0v) is 22.0. The molecule has 3 aliphatic rings. The fourth-order valence-electron chi connectivity index (χ4n) is 5.15. The van der Waals surface area contributed by atoms with Crippen molar-refractivity contribution in [3.05, 3.63) is 30.1 Å². The highest BCUT2D eigenvalue weighted by atomic mass is 127. The van der Waals surface area contributed by atoms with E-state index in [1.54, 1.807) is 6.07 Å². The van der Waals surface area contributed by atoms with E-state index in [-0.39, 0.29) is 35.7 Å². The van der Waals surface area contributed by atoms with Gasteiger partial charge in [0.15, 0.2) is 5.96 Å². The van der Waals surface area contributed by atoms with E-state index in [2.05, 4.69) is 29.9 Å². The van der Waals surface area contributed by atoms with Gasteiger partial charge in [0.1, 0.15) is 5.82 Å². The van der Waals surface area contributed by atoms with Gasteiger partial charge in [-0.15, -0.1) is 24.0 Å². The van der Waals surface area contributed by atoms with Crippen molar-refractivity contribution in [2.45, 2.75) is 25.7 Å². The van der Waals surface area contributed by atoms with Gasteiger partial charge >= 0.3 is 0 Å². The van der Waals surface area contributed by atoms with Crippen molar-refractivity contribution in [3.63, 3.8) is 0 Å². The molecule has 1 amide bonds. The number of benzene rings is 1. The van der Waals surface area contributed by atoms with Crippen LogP contribution in [0.25, 0.3) is 0 Å². The number of nitrogens with zero attached hydrogens (tertiary/aromatic N) is 5. The van der Waals surface area contributed by atoms with E-state index >= 15 is 0 Å². The molecule has 1 aromatic carbocycles. The van der Waals surface area contributed by atoms with Crippen molar-refractivity contribution in [2.75, 3.05) is 77.4 Å². The molecule has 4 rings (SSSR count). The minimum Gasteiger partial charge on any atom is -0.366 e. The summed E-state index contributed by atoms with van der Waals surface area (Å²) in [6.07, 6.45) is 4.58. The van der Waals surface area contributed by atoms with Crippen molar-refractivity contribution in [1.29, 1.82) is 0 Å². The fourth-order valence-corrected chi connectivity index (χ4v) is 5.15. The Morgan fingerprint density at radius 1 is 1.00 bits per heavy atom. The molecule has 9 heteroatoms. The van der Waals surface area contributed by atoms with Gasteiger partial charge in [0.25, 0.3) is 0 Å². The number of guanidine groups is 1. The van der Waals surface area contributed by atoms with E-state index in [1.165, 1.54) is 18.9 Å². The van der Waals surface area contributed by atoms with E-state index in [1.807, 2.05) is 19.2 Å². The van der Waals surface area contributed by atoms with Crippen LogP contribution in [-0.2, 0) is 4.79 Å². The normalized spacial score (nSPS) is 20.7. The lowest BCUT2D eigenvalue weighted by Crippen LogP contribution is -2.54. The van der Waals surface area contributed by atoms with Gasteiger partial charge in [0.2, 0.25) is 5.91 Å². The van der Waals surface area contributed by atoms with Crippen LogP contribution in [0, 0.1) is 11.7 Å². The summed E-state index contributed by atoms with van der Waals surface area (Å²) in [4.78, 5) is 25.9. The molecule has 0 bridgehead atoms. The summed E-state index contributed by atoms with van der Waals surface area (Å²) in [5, 5.41) is 3.49. The topological polar surface area (TPSA) is 54.4 Å². The molecule has 0 aromatic heterocycles. The molecule has 2 heterocycles. The fraction of sp³-hybridized carbons (Fsp3) is 0.667. The highest BCUT2D eigenvalue weighted by Gasteiger charge is 2.29. The van der Waals surface area contributed by atoms with Crippen molar-refractivity contribution < 1.29 is 9.18 Å². The molecular formula is C24H38FIN6O. The lowest BCUT2D eigenvalue weighted by Gasteiger charge is -2.38. The van der Waals surface area contributed by atoms with Gasteiger partial charge in [-0.1, -0.05) is 25.0 Å². The average Bonchev–Trinajstić information content (AvgIpc) is 3.38. The number of carbonyl (C=O) groups excluding carboxylic acids is 1. The number of hydrogen-bond donors (Lipinski definition) is 1. The SMILES string of the molecule is CN=C(NCCN1CCN(C(=O)C2CCCC2)CC1)N1CCN(c2ccccc2F)CC1.I. The standard InChI is InChI=1S/C24H37FN6O.HI/c1-26-24(31-18-16-29(17-19-31)22-9-5-4-8-21(22)25)27-10-11-28-12-14-30(15-13-28)23(32)20-6-2-3-7-20;/h4-5,8-9,20H,2-3,6-7,10-19H2,1H3,(H,26,27);1H. The molecule has 184 valence electrons. The molecule has 0 unspecified atom stereocenters. The zero-order chi connectivity index (χ0) is 22.3. The van der Waals surface area contributed by atoms with Crippen LogP contribution in [0.1, 0.15) is 25.7 Å². The van der Waals surface area contributed by atoms with Crippen LogP contribution in [0.2, 0.25) is 0 Å². The summed E-state index contributed by atoms with van der Waals surface area (Å²) in [6, 6.07) is 6.98. The lowest BCUT2D eigenvalue weighted by molar-refractivity contribution is -0.137. The molecule has 1 aliphatic carbocycles. The maximum Gasteiger partial charge on any atom is 0.225 e. The van der Waals surface area contributed by atoms with Crippen LogP contribution in [0.4, 0.5) is 10.1 Å². The largest absolute Gasteiger partial charge is 0.366 e. The quantitative estimate of drug-likeness (QED) is 0.334. The lowest BCUT2D eigenvalue weighted by atomic mass is 10.1. The highest BCUT2D eigenvalue weighted by Crippen LogP contribution is 2.27. The first-order valence-corrected chi connectivity index (χ1v) is 12.1. The molecule has 0 spiro atoms. The Kier molecular flexibility index (Phi) is 10.0. The van der Waals surface area contributed by atoms with Gasteiger partial charge in [-0.2, -0.15) is 0 Å². The maximum absolute atomic E-state index is 14.1. The Morgan fingerprint density at radius 3 is 2.27 bits per heavy atom. The number of rotatable bonds is 5. The first kappa shape index (κ1) is 26.0. The predicted molar refractivity (Wildman–Crippen MR) is 142 cm³/mol. The molecule has 7 nitrogen and oxygen atoms in total. The van der Waals surface area contributed by atoms with Crippen molar-refractivity contribution >= 4 is 41.5 Å². The van der Waals surface area contributed by atoms with Crippen molar-refractivity contribution in [1.82, 2.24) is 20.0 Å². The zero-order valence-electron chi connectivity index (χ0n) is 19.7. The Hall–Kier alpha value is -1.62. The molecule has 1 saturated carbocycles. The van der Waals surface area contributed by atoms with Crippen LogP contribution < -0.4 is 10.2 Å².